The van der Waals surface area contributed by atoms with Gasteiger partial charge in [-0.05, 0) is 54.5 Å². The molecule has 0 saturated heterocycles. The minimum atomic E-state index is -0.545. The summed E-state index contributed by atoms with van der Waals surface area (Å²) < 4.78 is 5.89. The predicted octanol–water partition coefficient (Wildman–Crippen LogP) is 6.43. The molecule has 3 aromatic carbocycles. The molecule has 0 atom stereocenters. The van der Waals surface area contributed by atoms with Gasteiger partial charge < -0.3 is 10.1 Å². The van der Waals surface area contributed by atoms with Crippen LogP contribution >= 0.6 is 23.2 Å². The van der Waals surface area contributed by atoms with Crippen LogP contribution in [0.2, 0.25) is 10.0 Å². The fourth-order valence-corrected chi connectivity index (χ4v) is 3.07. The molecule has 6 heteroatoms. The minimum absolute atomic E-state index is 0.0822. The summed E-state index contributed by atoms with van der Waals surface area (Å²) in [7, 11) is 0. The number of carbonyl (C=O) groups is 1. The number of benzene rings is 3. The first-order valence-electron chi connectivity index (χ1n) is 9.12. The van der Waals surface area contributed by atoms with Gasteiger partial charge in [-0.1, -0.05) is 59.6 Å². The summed E-state index contributed by atoms with van der Waals surface area (Å²) in [6.07, 6.45) is 1.46. The van der Waals surface area contributed by atoms with E-state index in [2.05, 4.69) is 5.32 Å². The SMILES string of the molecule is Cc1ccc(Cl)cc1NC(=O)/C(C#N)=C/c1cc(Cl)ccc1OCc1ccccc1. The molecule has 3 rings (SSSR count). The quantitative estimate of drug-likeness (QED) is 0.357. The maximum absolute atomic E-state index is 12.7. The molecule has 0 aliphatic carbocycles. The van der Waals surface area contributed by atoms with E-state index >= 15 is 0 Å². The molecular formula is C24H18Cl2N2O2. The van der Waals surface area contributed by atoms with Crippen LogP contribution in [0.25, 0.3) is 6.08 Å². The zero-order valence-electron chi connectivity index (χ0n) is 16.2. The van der Waals surface area contributed by atoms with Gasteiger partial charge in [0, 0.05) is 21.3 Å². The number of rotatable bonds is 6. The van der Waals surface area contributed by atoms with E-state index in [1.165, 1.54) is 6.08 Å². The van der Waals surface area contributed by atoms with Gasteiger partial charge in [0.05, 0.1) is 0 Å². The van der Waals surface area contributed by atoms with Gasteiger partial charge >= 0.3 is 0 Å². The summed E-state index contributed by atoms with van der Waals surface area (Å²) in [5, 5.41) is 13.2. The molecule has 30 heavy (non-hydrogen) atoms. The highest BCUT2D eigenvalue weighted by molar-refractivity contribution is 6.31. The first kappa shape index (κ1) is 21.4. The van der Waals surface area contributed by atoms with E-state index in [4.69, 9.17) is 27.9 Å². The lowest BCUT2D eigenvalue weighted by atomic mass is 10.1. The van der Waals surface area contributed by atoms with Gasteiger partial charge in [-0.3, -0.25) is 4.79 Å². The molecule has 0 fully saturated rings. The Morgan fingerprint density at radius 3 is 2.50 bits per heavy atom. The van der Waals surface area contributed by atoms with E-state index in [0.717, 1.165) is 11.1 Å². The summed E-state index contributed by atoms with van der Waals surface area (Å²) in [6.45, 7) is 2.19. The van der Waals surface area contributed by atoms with E-state index in [1.807, 2.05) is 43.3 Å². The van der Waals surface area contributed by atoms with E-state index in [1.54, 1.807) is 36.4 Å². The first-order chi connectivity index (χ1) is 14.5. The molecule has 0 aliphatic heterocycles. The molecule has 4 nitrogen and oxygen atoms in total. The Labute approximate surface area is 185 Å². The highest BCUT2D eigenvalue weighted by Gasteiger charge is 2.13. The van der Waals surface area contributed by atoms with Gasteiger partial charge in [0.25, 0.3) is 5.91 Å². The molecule has 0 spiro atoms. The van der Waals surface area contributed by atoms with Crippen molar-refractivity contribution in [1.29, 1.82) is 5.26 Å². The van der Waals surface area contributed by atoms with Gasteiger partial charge in [0.2, 0.25) is 0 Å². The Bertz CT molecular complexity index is 1140. The number of anilines is 1. The van der Waals surface area contributed by atoms with Crippen LogP contribution in [-0.4, -0.2) is 5.91 Å². The van der Waals surface area contributed by atoms with E-state index in [0.29, 0.717) is 33.7 Å². The van der Waals surface area contributed by atoms with Crippen LogP contribution in [0.4, 0.5) is 5.69 Å². The number of hydrogen-bond donors (Lipinski definition) is 1. The topological polar surface area (TPSA) is 62.1 Å². The Hall–Kier alpha value is -3.26. The number of nitrogens with one attached hydrogen (secondary N) is 1. The third kappa shape index (κ3) is 5.64. The highest BCUT2D eigenvalue weighted by Crippen LogP contribution is 2.27. The van der Waals surface area contributed by atoms with Gasteiger partial charge in [0.1, 0.15) is 24.0 Å². The summed E-state index contributed by atoms with van der Waals surface area (Å²) in [4.78, 5) is 12.7. The van der Waals surface area contributed by atoms with Crippen LogP contribution in [0.1, 0.15) is 16.7 Å². The molecular weight excluding hydrogens is 419 g/mol. The number of carbonyl (C=O) groups excluding carboxylic acids is 1. The smallest absolute Gasteiger partial charge is 0.266 e. The third-order valence-corrected chi connectivity index (χ3v) is 4.79. The second-order valence-corrected chi connectivity index (χ2v) is 7.41. The average molecular weight is 437 g/mol. The number of hydrogen-bond acceptors (Lipinski definition) is 3. The summed E-state index contributed by atoms with van der Waals surface area (Å²) in [5.41, 5.74) is 2.83. The molecule has 0 heterocycles. The van der Waals surface area contributed by atoms with Crippen molar-refractivity contribution in [3.8, 4) is 11.8 Å². The number of nitriles is 1. The number of nitrogens with zero attached hydrogens (tertiary/aromatic N) is 1. The highest BCUT2D eigenvalue weighted by atomic mass is 35.5. The van der Waals surface area contributed by atoms with E-state index < -0.39 is 5.91 Å². The van der Waals surface area contributed by atoms with Crippen LogP contribution in [0.15, 0.2) is 72.3 Å². The lowest BCUT2D eigenvalue weighted by Crippen LogP contribution is -2.14. The fraction of sp³-hybridized carbons (Fsp3) is 0.0833. The minimum Gasteiger partial charge on any atom is -0.488 e. The predicted molar refractivity (Wildman–Crippen MR) is 121 cm³/mol. The normalized spacial score (nSPS) is 10.9. The number of aryl methyl sites for hydroxylation is 1. The van der Waals surface area contributed by atoms with Crippen LogP contribution in [0.5, 0.6) is 5.75 Å². The monoisotopic (exact) mass is 436 g/mol. The standard InChI is InChI=1S/C24H18Cl2N2O2/c1-16-7-8-21(26)13-22(16)28-24(29)19(14-27)11-18-12-20(25)9-10-23(18)30-15-17-5-3-2-4-6-17/h2-13H,15H2,1H3,(H,28,29)/b19-11+. The Kier molecular flexibility index (Phi) is 7.13. The summed E-state index contributed by atoms with van der Waals surface area (Å²) in [5.74, 6) is -0.0282. The molecule has 0 bridgehead atoms. The van der Waals surface area contributed by atoms with Crippen molar-refractivity contribution in [3.05, 3.63) is 99.0 Å². The Morgan fingerprint density at radius 1 is 1.07 bits per heavy atom. The van der Waals surface area contributed by atoms with Crippen LogP contribution in [0, 0.1) is 18.3 Å². The molecule has 0 saturated carbocycles. The van der Waals surface area contributed by atoms with Crippen LogP contribution in [0.3, 0.4) is 0 Å². The molecule has 0 radical (unpaired) electrons. The average Bonchev–Trinajstić information content (AvgIpc) is 2.74. The van der Waals surface area contributed by atoms with Crippen molar-refractivity contribution in [1.82, 2.24) is 0 Å². The van der Waals surface area contributed by atoms with E-state index in [9.17, 15) is 10.1 Å². The Morgan fingerprint density at radius 2 is 1.77 bits per heavy atom. The number of ether oxygens (including phenoxy) is 1. The van der Waals surface area contributed by atoms with Crippen molar-refractivity contribution >= 4 is 40.9 Å². The summed E-state index contributed by atoms with van der Waals surface area (Å²) in [6, 6.07) is 21.8. The van der Waals surface area contributed by atoms with Gasteiger partial charge in [0.15, 0.2) is 0 Å². The lowest BCUT2D eigenvalue weighted by Gasteiger charge is -2.11. The first-order valence-corrected chi connectivity index (χ1v) is 9.87. The number of halogens is 2. The number of amides is 1. The molecule has 1 N–H and O–H groups in total. The van der Waals surface area contributed by atoms with E-state index in [-0.39, 0.29) is 5.57 Å². The second-order valence-electron chi connectivity index (χ2n) is 6.54. The van der Waals surface area contributed by atoms with Crippen molar-refractivity contribution in [2.45, 2.75) is 13.5 Å². The Balaban J connectivity index is 1.85. The van der Waals surface area contributed by atoms with Gasteiger partial charge in [-0.2, -0.15) is 5.26 Å². The zero-order chi connectivity index (χ0) is 21.5. The fourth-order valence-electron chi connectivity index (χ4n) is 2.72. The molecule has 0 unspecified atom stereocenters. The van der Waals surface area contributed by atoms with Crippen LogP contribution in [-0.2, 0) is 11.4 Å². The maximum atomic E-state index is 12.7. The van der Waals surface area contributed by atoms with Gasteiger partial charge in [-0.15, -0.1) is 0 Å². The maximum Gasteiger partial charge on any atom is 0.266 e. The largest absolute Gasteiger partial charge is 0.488 e. The molecule has 0 aliphatic rings. The van der Waals surface area contributed by atoms with Crippen molar-refractivity contribution in [2.24, 2.45) is 0 Å². The van der Waals surface area contributed by atoms with Crippen molar-refractivity contribution < 1.29 is 9.53 Å². The zero-order valence-corrected chi connectivity index (χ0v) is 17.7. The van der Waals surface area contributed by atoms with Crippen molar-refractivity contribution in [2.75, 3.05) is 5.32 Å². The third-order valence-electron chi connectivity index (χ3n) is 4.32. The van der Waals surface area contributed by atoms with Gasteiger partial charge in [-0.25, -0.2) is 0 Å². The molecule has 0 aromatic heterocycles. The molecule has 150 valence electrons. The lowest BCUT2D eigenvalue weighted by molar-refractivity contribution is -0.112. The van der Waals surface area contributed by atoms with Crippen LogP contribution < -0.4 is 10.1 Å². The van der Waals surface area contributed by atoms with Crippen molar-refractivity contribution in [3.63, 3.8) is 0 Å². The molecule has 1 amide bonds. The second kappa shape index (κ2) is 9.98. The molecule has 3 aromatic rings. The summed E-state index contributed by atoms with van der Waals surface area (Å²) >= 11 is 12.1.